The third kappa shape index (κ3) is 2.46. The maximum absolute atomic E-state index is 10.1. The van der Waals surface area contributed by atoms with Gasteiger partial charge >= 0.3 is 0 Å². The molecule has 0 saturated carbocycles. The quantitative estimate of drug-likeness (QED) is 0.751. The Kier molecular flexibility index (Phi) is 3.13. The number of aliphatic hydroxyl groups is 1. The van der Waals surface area contributed by atoms with Crippen molar-refractivity contribution in [2.75, 3.05) is 6.54 Å². The highest BCUT2D eigenvalue weighted by atomic mass is 16.3. The van der Waals surface area contributed by atoms with Crippen LogP contribution in [-0.4, -0.2) is 17.7 Å². The standard InChI is InChI=1S/C13H18N2O2/c1-8(2)14-6-10-7-15-12(13(10)16)11-5-4-9(3)17-11/h4-6,8,14-16H,7H2,1-3H3/b10-6+. The lowest BCUT2D eigenvalue weighted by atomic mass is 10.2. The van der Waals surface area contributed by atoms with Gasteiger partial charge in [0, 0.05) is 24.4 Å². The fourth-order valence-corrected chi connectivity index (χ4v) is 1.67. The molecule has 0 aliphatic carbocycles. The molecule has 1 aliphatic heterocycles. The van der Waals surface area contributed by atoms with Crippen LogP contribution in [0.3, 0.4) is 0 Å². The lowest BCUT2D eigenvalue weighted by Crippen LogP contribution is -2.17. The van der Waals surface area contributed by atoms with Crippen LogP contribution in [0.2, 0.25) is 0 Å². The van der Waals surface area contributed by atoms with Gasteiger partial charge in [0.25, 0.3) is 0 Å². The molecule has 1 aliphatic rings. The molecule has 3 N–H and O–H groups in total. The second-order valence-electron chi connectivity index (χ2n) is 4.48. The molecule has 0 radical (unpaired) electrons. The van der Waals surface area contributed by atoms with Gasteiger partial charge in [0.15, 0.2) is 5.76 Å². The van der Waals surface area contributed by atoms with Gasteiger partial charge in [0.05, 0.1) is 0 Å². The Morgan fingerprint density at radius 3 is 2.82 bits per heavy atom. The smallest absolute Gasteiger partial charge is 0.153 e. The summed E-state index contributed by atoms with van der Waals surface area (Å²) in [6.45, 7) is 6.60. The van der Waals surface area contributed by atoms with E-state index >= 15 is 0 Å². The summed E-state index contributed by atoms with van der Waals surface area (Å²) in [6, 6.07) is 4.09. The molecule has 2 heterocycles. The summed E-state index contributed by atoms with van der Waals surface area (Å²) < 4.78 is 5.48. The lowest BCUT2D eigenvalue weighted by molar-refractivity contribution is 0.425. The van der Waals surface area contributed by atoms with Gasteiger partial charge in [-0.25, -0.2) is 0 Å². The number of aliphatic hydroxyl groups excluding tert-OH is 1. The fourth-order valence-electron chi connectivity index (χ4n) is 1.67. The van der Waals surface area contributed by atoms with Gasteiger partial charge < -0.3 is 20.2 Å². The van der Waals surface area contributed by atoms with Crippen LogP contribution in [0, 0.1) is 6.92 Å². The van der Waals surface area contributed by atoms with Crippen LogP contribution in [0.15, 0.2) is 34.1 Å². The van der Waals surface area contributed by atoms with Crippen LogP contribution in [0.5, 0.6) is 0 Å². The highest BCUT2D eigenvalue weighted by Crippen LogP contribution is 2.26. The summed E-state index contributed by atoms with van der Waals surface area (Å²) >= 11 is 0. The lowest BCUT2D eigenvalue weighted by Gasteiger charge is -2.05. The van der Waals surface area contributed by atoms with Gasteiger partial charge in [-0.05, 0) is 32.9 Å². The third-order valence-electron chi connectivity index (χ3n) is 2.57. The van der Waals surface area contributed by atoms with E-state index in [0.717, 1.165) is 11.3 Å². The topological polar surface area (TPSA) is 57.4 Å². The van der Waals surface area contributed by atoms with Gasteiger partial charge in [-0.2, -0.15) is 0 Å². The number of furan rings is 1. The van der Waals surface area contributed by atoms with Gasteiger partial charge in [-0.3, -0.25) is 0 Å². The van der Waals surface area contributed by atoms with Crippen molar-refractivity contribution in [3.05, 3.63) is 41.2 Å². The number of hydrogen-bond acceptors (Lipinski definition) is 4. The SMILES string of the molecule is Cc1ccc(C2=C(O)/C(=C/NC(C)C)CN2)o1. The molecule has 4 nitrogen and oxygen atoms in total. The van der Waals surface area contributed by atoms with E-state index in [1.807, 2.05) is 25.3 Å². The summed E-state index contributed by atoms with van der Waals surface area (Å²) in [4.78, 5) is 0. The van der Waals surface area contributed by atoms with Crippen LogP contribution in [0.1, 0.15) is 25.4 Å². The van der Waals surface area contributed by atoms with Crippen LogP contribution in [-0.2, 0) is 0 Å². The number of hydrogen-bond donors (Lipinski definition) is 3. The van der Waals surface area contributed by atoms with E-state index in [1.54, 1.807) is 0 Å². The van der Waals surface area contributed by atoms with Crippen molar-refractivity contribution < 1.29 is 9.52 Å². The predicted molar refractivity (Wildman–Crippen MR) is 67.4 cm³/mol. The van der Waals surface area contributed by atoms with Crippen molar-refractivity contribution in [2.24, 2.45) is 0 Å². The molecule has 17 heavy (non-hydrogen) atoms. The highest BCUT2D eigenvalue weighted by molar-refractivity contribution is 5.69. The summed E-state index contributed by atoms with van der Waals surface area (Å²) in [5.41, 5.74) is 1.51. The van der Waals surface area contributed by atoms with Crippen molar-refractivity contribution in [1.82, 2.24) is 10.6 Å². The molecule has 0 saturated heterocycles. The molecule has 0 fully saturated rings. The van der Waals surface area contributed by atoms with Crippen molar-refractivity contribution in [1.29, 1.82) is 0 Å². The molecule has 4 heteroatoms. The first-order chi connectivity index (χ1) is 8.08. The van der Waals surface area contributed by atoms with Gasteiger partial charge in [-0.1, -0.05) is 0 Å². The molecule has 0 bridgehead atoms. The molecule has 2 rings (SSSR count). The first kappa shape index (κ1) is 11.6. The van der Waals surface area contributed by atoms with E-state index in [-0.39, 0.29) is 5.76 Å². The van der Waals surface area contributed by atoms with E-state index in [0.29, 0.717) is 24.0 Å². The van der Waals surface area contributed by atoms with Crippen molar-refractivity contribution in [2.45, 2.75) is 26.8 Å². The molecule has 0 unspecified atom stereocenters. The van der Waals surface area contributed by atoms with Crippen molar-refractivity contribution >= 4 is 5.70 Å². The second kappa shape index (κ2) is 4.57. The molecule has 1 aromatic rings. The highest BCUT2D eigenvalue weighted by Gasteiger charge is 2.22. The monoisotopic (exact) mass is 234 g/mol. The normalized spacial score (nSPS) is 18.0. The summed E-state index contributed by atoms with van der Waals surface area (Å²) in [6.07, 6.45) is 1.84. The Hall–Kier alpha value is -1.84. The van der Waals surface area contributed by atoms with Crippen LogP contribution in [0.25, 0.3) is 5.70 Å². The van der Waals surface area contributed by atoms with Crippen LogP contribution in [0.4, 0.5) is 0 Å². The Morgan fingerprint density at radius 1 is 1.47 bits per heavy atom. The maximum atomic E-state index is 10.1. The largest absolute Gasteiger partial charge is 0.505 e. The first-order valence-electron chi connectivity index (χ1n) is 5.77. The second-order valence-corrected chi connectivity index (χ2v) is 4.48. The molecule has 0 amide bonds. The van der Waals surface area contributed by atoms with E-state index in [1.165, 1.54) is 0 Å². The molecule has 0 aromatic carbocycles. The molecule has 0 spiro atoms. The molecule has 0 atom stereocenters. The summed E-state index contributed by atoms with van der Waals surface area (Å²) in [5.74, 6) is 1.76. The Labute approximate surface area is 101 Å². The van der Waals surface area contributed by atoms with Crippen molar-refractivity contribution in [3.8, 4) is 0 Å². The van der Waals surface area contributed by atoms with E-state index in [9.17, 15) is 5.11 Å². The summed E-state index contributed by atoms with van der Waals surface area (Å²) in [7, 11) is 0. The van der Waals surface area contributed by atoms with Gasteiger partial charge in [-0.15, -0.1) is 0 Å². The molecule has 92 valence electrons. The van der Waals surface area contributed by atoms with Gasteiger partial charge in [0.2, 0.25) is 0 Å². The Bertz CT molecular complexity index is 470. The minimum Gasteiger partial charge on any atom is -0.505 e. The van der Waals surface area contributed by atoms with Gasteiger partial charge in [0.1, 0.15) is 17.2 Å². The zero-order valence-electron chi connectivity index (χ0n) is 10.4. The zero-order valence-corrected chi connectivity index (χ0v) is 10.4. The predicted octanol–water partition coefficient (Wildman–Crippen LogP) is 2.30. The number of nitrogens with one attached hydrogen (secondary N) is 2. The maximum Gasteiger partial charge on any atom is 0.153 e. The van der Waals surface area contributed by atoms with E-state index in [2.05, 4.69) is 24.5 Å². The zero-order chi connectivity index (χ0) is 12.4. The molecule has 1 aromatic heterocycles. The minimum atomic E-state index is 0.257. The Balaban J connectivity index is 2.22. The third-order valence-corrected chi connectivity index (χ3v) is 2.57. The van der Waals surface area contributed by atoms with E-state index in [4.69, 9.17) is 4.42 Å². The molecular formula is C13H18N2O2. The van der Waals surface area contributed by atoms with E-state index < -0.39 is 0 Å². The van der Waals surface area contributed by atoms with Crippen LogP contribution >= 0.6 is 0 Å². The Morgan fingerprint density at radius 2 is 2.24 bits per heavy atom. The van der Waals surface area contributed by atoms with Crippen molar-refractivity contribution in [3.63, 3.8) is 0 Å². The first-order valence-corrected chi connectivity index (χ1v) is 5.77. The number of rotatable bonds is 3. The van der Waals surface area contributed by atoms with Crippen LogP contribution < -0.4 is 10.6 Å². The molecular weight excluding hydrogens is 216 g/mol. The number of aryl methyl sites for hydroxylation is 1. The summed E-state index contributed by atoms with van der Waals surface area (Å²) in [5, 5.41) is 16.4. The average Bonchev–Trinajstić information content (AvgIpc) is 2.82. The fraction of sp³-hybridized carbons (Fsp3) is 0.385. The average molecular weight is 234 g/mol. The minimum absolute atomic E-state index is 0.257.